The zero-order chi connectivity index (χ0) is 21.1. The molecule has 0 saturated heterocycles. The van der Waals surface area contributed by atoms with Gasteiger partial charge in [-0.25, -0.2) is 9.37 Å². The van der Waals surface area contributed by atoms with Crippen LogP contribution in [-0.2, 0) is 25.9 Å². The molecule has 0 saturated carbocycles. The van der Waals surface area contributed by atoms with Crippen molar-refractivity contribution >= 4 is 17.5 Å². The van der Waals surface area contributed by atoms with E-state index in [1.807, 2.05) is 24.1 Å². The number of rotatable bonds is 5. The van der Waals surface area contributed by atoms with Crippen LogP contribution in [0.25, 0.3) is 0 Å². The summed E-state index contributed by atoms with van der Waals surface area (Å²) in [6, 6.07) is 8.35. The van der Waals surface area contributed by atoms with Crippen molar-refractivity contribution in [1.82, 2.24) is 19.9 Å². The molecule has 156 valence electrons. The second kappa shape index (κ2) is 8.93. The topological polar surface area (TPSA) is 65.1 Å². The van der Waals surface area contributed by atoms with Crippen molar-refractivity contribution in [2.75, 3.05) is 25.0 Å². The van der Waals surface area contributed by atoms with Crippen molar-refractivity contribution in [1.29, 1.82) is 0 Å². The zero-order valence-electron chi connectivity index (χ0n) is 16.7. The quantitative estimate of drug-likeness (QED) is 0.677. The molecule has 1 aliphatic heterocycles. The van der Waals surface area contributed by atoms with E-state index in [1.165, 1.54) is 12.1 Å². The van der Waals surface area contributed by atoms with Crippen LogP contribution in [0.15, 0.2) is 47.5 Å². The maximum atomic E-state index is 13.3. The first-order valence-electron chi connectivity index (χ1n) is 9.88. The Morgan fingerprint density at radius 3 is 2.87 bits per heavy atom. The number of benzene rings is 1. The highest BCUT2D eigenvalue weighted by molar-refractivity contribution is 6.31. The average molecular weight is 428 g/mol. The van der Waals surface area contributed by atoms with Crippen molar-refractivity contribution < 1.29 is 4.39 Å². The summed E-state index contributed by atoms with van der Waals surface area (Å²) in [7, 11) is 1.90. The number of aromatic nitrogens is 3. The molecule has 2 aromatic heterocycles. The van der Waals surface area contributed by atoms with Crippen molar-refractivity contribution in [3.8, 4) is 0 Å². The number of pyridine rings is 1. The lowest BCUT2D eigenvalue weighted by Crippen LogP contribution is -2.27. The molecular formula is C22H23ClFN5O. The van der Waals surface area contributed by atoms with Gasteiger partial charge in [-0.05, 0) is 35.7 Å². The van der Waals surface area contributed by atoms with Gasteiger partial charge in [0, 0.05) is 62.6 Å². The molecule has 4 rings (SSSR count). The first-order chi connectivity index (χ1) is 14.5. The molecule has 0 atom stereocenters. The third-order valence-electron chi connectivity index (χ3n) is 5.34. The largest absolute Gasteiger partial charge is 0.341 e. The number of halogens is 2. The Morgan fingerprint density at radius 2 is 2.10 bits per heavy atom. The predicted octanol–water partition coefficient (Wildman–Crippen LogP) is 3.19. The number of nitrogens with zero attached hydrogens (tertiary/aromatic N) is 4. The van der Waals surface area contributed by atoms with E-state index in [0.29, 0.717) is 36.9 Å². The van der Waals surface area contributed by atoms with Gasteiger partial charge in [0.05, 0.1) is 5.69 Å². The summed E-state index contributed by atoms with van der Waals surface area (Å²) in [5.74, 6) is 0.211. The fourth-order valence-corrected chi connectivity index (χ4v) is 3.94. The summed E-state index contributed by atoms with van der Waals surface area (Å²) >= 11 is 6.18. The Balaban J connectivity index is 1.49. The third kappa shape index (κ3) is 4.68. The van der Waals surface area contributed by atoms with E-state index in [9.17, 15) is 9.18 Å². The molecule has 6 nitrogen and oxygen atoms in total. The molecular weight excluding hydrogens is 405 g/mol. The lowest BCUT2D eigenvalue weighted by molar-refractivity contribution is 0.279. The first-order valence-corrected chi connectivity index (χ1v) is 10.3. The normalized spacial score (nSPS) is 14.2. The second-order valence-electron chi connectivity index (χ2n) is 7.54. The van der Waals surface area contributed by atoms with Crippen molar-refractivity contribution in [3.63, 3.8) is 0 Å². The monoisotopic (exact) mass is 427 g/mol. The highest BCUT2D eigenvalue weighted by Crippen LogP contribution is 2.21. The number of hydrogen-bond acceptors (Lipinski definition) is 5. The van der Waals surface area contributed by atoms with Gasteiger partial charge in [0.2, 0.25) is 5.95 Å². The van der Waals surface area contributed by atoms with Gasteiger partial charge in [-0.2, -0.15) is 0 Å². The highest BCUT2D eigenvalue weighted by Gasteiger charge is 2.20. The molecule has 0 spiro atoms. The van der Waals surface area contributed by atoms with Crippen molar-refractivity contribution in [2.24, 2.45) is 0 Å². The molecule has 1 aliphatic rings. The minimum Gasteiger partial charge on any atom is -0.341 e. The van der Waals surface area contributed by atoms with E-state index >= 15 is 0 Å². The van der Waals surface area contributed by atoms with Crippen LogP contribution in [0.3, 0.4) is 0 Å². The minimum atomic E-state index is -0.342. The Labute approximate surface area is 179 Å². The number of nitrogens with one attached hydrogen (secondary N) is 1. The number of anilines is 1. The molecule has 1 N–H and O–H groups in total. The van der Waals surface area contributed by atoms with Gasteiger partial charge in [-0.1, -0.05) is 23.7 Å². The van der Waals surface area contributed by atoms with E-state index in [0.717, 1.165) is 35.5 Å². The van der Waals surface area contributed by atoms with Gasteiger partial charge >= 0.3 is 0 Å². The van der Waals surface area contributed by atoms with Gasteiger partial charge in [-0.15, -0.1) is 0 Å². The molecule has 3 heterocycles. The summed E-state index contributed by atoms with van der Waals surface area (Å²) in [4.78, 5) is 28.7. The molecule has 0 bridgehead atoms. The van der Waals surface area contributed by atoms with Crippen molar-refractivity contribution in [3.05, 3.63) is 86.3 Å². The first kappa shape index (κ1) is 20.5. The van der Waals surface area contributed by atoms with Gasteiger partial charge in [0.25, 0.3) is 5.56 Å². The molecule has 0 amide bonds. The SMILES string of the molecule is CN(Cc1cccnc1)c1nc2c(c(=O)[nH]1)CCN(Cc1ccc(F)cc1Cl)CC2. The summed E-state index contributed by atoms with van der Waals surface area (Å²) in [6.45, 7) is 2.68. The smallest absolute Gasteiger partial charge is 0.255 e. The number of H-pyrrole nitrogens is 1. The molecule has 3 aromatic rings. The molecule has 1 aromatic carbocycles. The van der Waals surface area contributed by atoms with Gasteiger partial charge in [-0.3, -0.25) is 19.7 Å². The van der Waals surface area contributed by atoms with Crippen LogP contribution in [-0.4, -0.2) is 40.0 Å². The van der Waals surface area contributed by atoms with Crippen LogP contribution in [0.5, 0.6) is 0 Å². The molecule has 8 heteroatoms. The van der Waals surface area contributed by atoms with Crippen LogP contribution in [0.1, 0.15) is 22.4 Å². The molecule has 0 aliphatic carbocycles. The fourth-order valence-electron chi connectivity index (χ4n) is 3.71. The van der Waals surface area contributed by atoms with E-state index in [4.69, 9.17) is 16.6 Å². The third-order valence-corrected chi connectivity index (χ3v) is 5.70. The zero-order valence-corrected chi connectivity index (χ0v) is 17.5. The second-order valence-corrected chi connectivity index (χ2v) is 7.95. The number of fused-ring (bicyclic) bond motifs is 1. The number of hydrogen-bond donors (Lipinski definition) is 1. The van der Waals surface area contributed by atoms with E-state index < -0.39 is 0 Å². The summed E-state index contributed by atoms with van der Waals surface area (Å²) < 4.78 is 13.3. The molecule has 0 radical (unpaired) electrons. The Hall–Kier alpha value is -2.77. The van der Waals surface area contributed by atoms with Gasteiger partial charge in [0.1, 0.15) is 5.82 Å². The summed E-state index contributed by atoms with van der Waals surface area (Å²) in [6.07, 6.45) is 4.82. The van der Waals surface area contributed by atoms with Crippen LogP contribution in [0, 0.1) is 5.82 Å². The lowest BCUT2D eigenvalue weighted by atomic mass is 10.1. The van der Waals surface area contributed by atoms with Gasteiger partial charge in [0.15, 0.2) is 0 Å². The molecule has 0 unspecified atom stereocenters. The predicted molar refractivity (Wildman–Crippen MR) is 115 cm³/mol. The fraction of sp³-hybridized carbons (Fsp3) is 0.318. The van der Waals surface area contributed by atoms with Crippen molar-refractivity contribution in [2.45, 2.75) is 25.9 Å². The Bertz CT molecular complexity index is 1090. The van der Waals surface area contributed by atoms with Crippen LogP contribution >= 0.6 is 11.6 Å². The Kier molecular flexibility index (Phi) is 6.11. The number of aromatic amines is 1. The van der Waals surface area contributed by atoms with Gasteiger partial charge < -0.3 is 4.90 Å². The lowest BCUT2D eigenvalue weighted by Gasteiger charge is -2.20. The molecule has 0 fully saturated rings. The molecule has 30 heavy (non-hydrogen) atoms. The highest BCUT2D eigenvalue weighted by atomic mass is 35.5. The van der Waals surface area contributed by atoms with E-state index in [-0.39, 0.29) is 11.4 Å². The minimum absolute atomic E-state index is 0.0882. The van der Waals surface area contributed by atoms with E-state index in [1.54, 1.807) is 18.5 Å². The maximum absolute atomic E-state index is 13.3. The Morgan fingerprint density at radius 1 is 1.27 bits per heavy atom. The summed E-state index contributed by atoms with van der Waals surface area (Å²) in [5, 5.41) is 0.423. The van der Waals surface area contributed by atoms with Crippen LogP contribution in [0.4, 0.5) is 10.3 Å². The van der Waals surface area contributed by atoms with Crippen LogP contribution < -0.4 is 10.5 Å². The maximum Gasteiger partial charge on any atom is 0.255 e. The average Bonchev–Trinajstić information content (AvgIpc) is 2.93. The van der Waals surface area contributed by atoms with E-state index in [2.05, 4.69) is 14.9 Å². The van der Waals surface area contributed by atoms with Crippen LogP contribution in [0.2, 0.25) is 5.02 Å². The standard InChI is InChI=1S/C22H23ClFN5O/c1-28(13-15-3-2-8-25-12-15)22-26-20-7-10-29(9-6-18(20)21(30)27-22)14-16-4-5-17(24)11-19(16)23/h2-5,8,11-12H,6-7,9-10,13-14H2,1H3,(H,26,27,30). The summed E-state index contributed by atoms with van der Waals surface area (Å²) in [5.41, 5.74) is 3.40.